The summed E-state index contributed by atoms with van der Waals surface area (Å²) in [5.74, 6) is -0.369. The summed E-state index contributed by atoms with van der Waals surface area (Å²) in [6, 6.07) is 15.5. The van der Waals surface area contributed by atoms with E-state index < -0.39 is 15.8 Å². The van der Waals surface area contributed by atoms with Gasteiger partial charge in [0.2, 0.25) is 10.0 Å². The minimum atomic E-state index is -3.76. The van der Waals surface area contributed by atoms with Crippen molar-refractivity contribution in [1.82, 2.24) is 4.31 Å². The van der Waals surface area contributed by atoms with E-state index in [0.29, 0.717) is 32.2 Å². The summed E-state index contributed by atoms with van der Waals surface area (Å²) in [6.07, 6.45) is 1.45. The molecule has 0 aliphatic carbocycles. The summed E-state index contributed by atoms with van der Waals surface area (Å²) in [7, 11) is -3.76. The van der Waals surface area contributed by atoms with Gasteiger partial charge in [0.15, 0.2) is 0 Å². The Hall–Kier alpha value is -1.76. The van der Waals surface area contributed by atoms with Crippen molar-refractivity contribution in [2.45, 2.75) is 24.3 Å². The first-order valence-corrected chi connectivity index (χ1v) is 9.88. The van der Waals surface area contributed by atoms with E-state index in [1.54, 1.807) is 6.07 Å². The van der Waals surface area contributed by atoms with E-state index in [-0.39, 0.29) is 4.90 Å². The number of rotatable bonds is 6. The third kappa shape index (κ3) is 4.45. The molecule has 0 radical (unpaired) electrons. The lowest BCUT2D eigenvalue weighted by atomic mass is 9.99. The van der Waals surface area contributed by atoms with Gasteiger partial charge in [0, 0.05) is 19.7 Å². The second-order valence-corrected chi connectivity index (χ2v) is 8.18. The number of hydrogen-bond acceptors (Lipinski definition) is 3. The molecule has 0 bridgehead atoms. The third-order valence-corrected chi connectivity index (χ3v) is 6.42. The van der Waals surface area contributed by atoms with Gasteiger partial charge < -0.3 is 4.74 Å². The highest BCUT2D eigenvalue weighted by molar-refractivity contribution is 7.89. The zero-order chi connectivity index (χ0) is 17.7. The van der Waals surface area contributed by atoms with Crippen molar-refractivity contribution >= 4 is 10.0 Å². The average molecular weight is 363 g/mol. The van der Waals surface area contributed by atoms with Crippen LogP contribution in [0.2, 0.25) is 0 Å². The molecule has 1 fully saturated rings. The van der Waals surface area contributed by atoms with Crippen LogP contribution in [0, 0.1) is 11.7 Å². The van der Waals surface area contributed by atoms with Gasteiger partial charge in [-0.25, -0.2) is 12.8 Å². The number of halogens is 1. The third-order valence-electron chi connectivity index (χ3n) is 4.49. The maximum atomic E-state index is 13.8. The van der Waals surface area contributed by atoms with Crippen LogP contribution < -0.4 is 0 Å². The zero-order valence-corrected chi connectivity index (χ0v) is 14.8. The molecule has 1 aliphatic heterocycles. The van der Waals surface area contributed by atoms with Gasteiger partial charge in [-0.1, -0.05) is 42.5 Å². The highest BCUT2D eigenvalue weighted by atomic mass is 32.2. The molecule has 0 aromatic heterocycles. The van der Waals surface area contributed by atoms with Crippen LogP contribution in [-0.2, 0) is 21.4 Å². The van der Waals surface area contributed by atoms with Crippen molar-refractivity contribution in [2.24, 2.45) is 5.92 Å². The van der Waals surface area contributed by atoms with E-state index in [2.05, 4.69) is 0 Å². The van der Waals surface area contributed by atoms with Gasteiger partial charge in [-0.15, -0.1) is 0 Å². The minimum Gasteiger partial charge on any atom is -0.376 e. The number of piperidine rings is 1. The molecule has 0 amide bonds. The molecule has 1 heterocycles. The monoisotopic (exact) mass is 363 g/mol. The van der Waals surface area contributed by atoms with Gasteiger partial charge in [0.1, 0.15) is 10.7 Å². The molecule has 4 nitrogen and oxygen atoms in total. The molecular weight excluding hydrogens is 341 g/mol. The summed E-state index contributed by atoms with van der Waals surface area (Å²) in [5, 5.41) is 0. The first-order valence-electron chi connectivity index (χ1n) is 8.44. The molecule has 1 aliphatic rings. The van der Waals surface area contributed by atoms with Gasteiger partial charge in [-0.05, 0) is 36.5 Å². The first kappa shape index (κ1) is 18.0. The summed E-state index contributed by atoms with van der Waals surface area (Å²) < 4.78 is 46.1. The van der Waals surface area contributed by atoms with E-state index in [1.807, 2.05) is 30.3 Å². The summed E-state index contributed by atoms with van der Waals surface area (Å²) in [5.41, 5.74) is 1.13. The Bertz CT molecular complexity index is 787. The summed E-state index contributed by atoms with van der Waals surface area (Å²) in [6.45, 7) is 1.98. The minimum absolute atomic E-state index is 0.242. The van der Waals surface area contributed by atoms with Crippen LogP contribution in [0.15, 0.2) is 59.5 Å². The number of nitrogens with zero attached hydrogens (tertiary/aromatic N) is 1. The molecule has 134 valence electrons. The standard InChI is InChI=1S/C19H22FNO3S/c20-18-8-4-5-9-19(18)25(22,23)21-12-10-17(11-13-21)15-24-14-16-6-2-1-3-7-16/h1-9,17H,10-15H2. The second kappa shape index (κ2) is 8.08. The molecule has 6 heteroatoms. The lowest BCUT2D eigenvalue weighted by Crippen LogP contribution is -2.39. The van der Waals surface area contributed by atoms with Crippen LogP contribution in [0.1, 0.15) is 18.4 Å². The van der Waals surface area contributed by atoms with Gasteiger partial charge in [-0.2, -0.15) is 4.31 Å². The van der Waals surface area contributed by atoms with Gasteiger partial charge in [-0.3, -0.25) is 0 Å². The Balaban J connectivity index is 1.51. The molecule has 2 aromatic rings. The smallest absolute Gasteiger partial charge is 0.245 e. The summed E-state index contributed by atoms with van der Waals surface area (Å²) >= 11 is 0. The lowest BCUT2D eigenvalue weighted by molar-refractivity contribution is 0.0687. The molecule has 1 saturated heterocycles. The number of benzene rings is 2. The van der Waals surface area contributed by atoms with Gasteiger partial charge in [0.25, 0.3) is 0 Å². The fourth-order valence-electron chi connectivity index (χ4n) is 3.03. The van der Waals surface area contributed by atoms with E-state index >= 15 is 0 Å². The highest BCUT2D eigenvalue weighted by Crippen LogP contribution is 2.25. The number of sulfonamides is 1. The summed E-state index contributed by atoms with van der Waals surface area (Å²) in [4.78, 5) is -0.242. The van der Waals surface area contributed by atoms with Crippen molar-refractivity contribution < 1.29 is 17.5 Å². The predicted molar refractivity (Wildman–Crippen MR) is 94.0 cm³/mol. The number of ether oxygens (including phenoxy) is 1. The van der Waals surface area contributed by atoms with E-state index in [1.165, 1.54) is 22.5 Å². The van der Waals surface area contributed by atoms with Crippen molar-refractivity contribution in [3.8, 4) is 0 Å². The fraction of sp³-hybridized carbons (Fsp3) is 0.368. The van der Waals surface area contributed by atoms with Gasteiger partial charge >= 0.3 is 0 Å². The van der Waals surface area contributed by atoms with Crippen LogP contribution >= 0.6 is 0 Å². The van der Waals surface area contributed by atoms with Crippen molar-refractivity contribution in [3.05, 3.63) is 66.0 Å². The SMILES string of the molecule is O=S(=O)(c1ccccc1F)N1CCC(COCc2ccccc2)CC1. The quantitative estimate of drug-likeness (QED) is 0.790. The first-order chi connectivity index (χ1) is 12.1. The zero-order valence-electron chi connectivity index (χ0n) is 14.0. The molecule has 0 unspecified atom stereocenters. The van der Waals surface area contributed by atoms with Crippen LogP contribution in [0.4, 0.5) is 4.39 Å². The maximum absolute atomic E-state index is 13.8. The van der Waals surface area contributed by atoms with Crippen LogP contribution in [-0.4, -0.2) is 32.4 Å². The lowest BCUT2D eigenvalue weighted by Gasteiger charge is -2.31. The van der Waals surface area contributed by atoms with Crippen molar-refractivity contribution in [1.29, 1.82) is 0 Å². The predicted octanol–water partition coefficient (Wildman–Crippen LogP) is 3.44. The molecule has 0 atom stereocenters. The van der Waals surface area contributed by atoms with E-state index in [9.17, 15) is 12.8 Å². The molecule has 3 rings (SSSR count). The van der Waals surface area contributed by atoms with Crippen molar-refractivity contribution in [2.75, 3.05) is 19.7 Å². The molecule has 25 heavy (non-hydrogen) atoms. The fourth-order valence-corrected chi connectivity index (χ4v) is 4.56. The topological polar surface area (TPSA) is 46.6 Å². The second-order valence-electron chi connectivity index (χ2n) is 6.28. The molecule has 0 spiro atoms. The van der Waals surface area contributed by atoms with Crippen molar-refractivity contribution in [3.63, 3.8) is 0 Å². The Morgan fingerprint density at radius 2 is 1.64 bits per heavy atom. The van der Waals surface area contributed by atoms with Crippen LogP contribution in [0.5, 0.6) is 0 Å². The Labute approximate surface area is 148 Å². The normalized spacial score (nSPS) is 16.8. The van der Waals surface area contributed by atoms with Gasteiger partial charge in [0.05, 0.1) is 6.61 Å². The molecule has 0 saturated carbocycles. The molecular formula is C19H22FNO3S. The molecule has 0 N–H and O–H groups in total. The number of hydrogen-bond donors (Lipinski definition) is 0. The van der Waals surface area contributed by atoms with Crippen LogP contribution in [0.3, 0.4) is 0 Å². The Kier molecular flexibility index (Phi) is 5.83. The highest BCUT2D eigenvalue weighted by Gasteiger charge is 2.31. The Morgan fingerprint density at radius 3 is 2.32 bits per heavy atom. The van der Waals surface area contributed by atoms with E-state index in [0.717, 1.165) is 18.4 Å². The van der Waals surface area contributed by atoms with Crippen LogP contribution in [0.25, 0.3) is 0 Å². The Morgan fingerprint density at radius 1 is 1.00 bits per heavy atom. The average Bonchev–Trinajstić information content (AvgIpc) is 2.63. The largest absolute Gasteiger partial charge is 0.376 e. The van der Waals surface area contributed by atoms with E-state index in [4.69, 9.17) is 4.74 Å². The molecule has 2 aromatic carbocycles. The maximum Gasteiger partial charge on any atom is 0.245 e.